The largest absolute Gasteiger partial charge is 0.475 e. The molecule has 8 nitrogen and oxygen atoms in total. The fourth-order valence-corrected chi connectivity index (χ4v) is 5.34. The van der Waals surface area contributed by atoms with E-state index in [1.54, 1.807) is 24.3 Å². The Hall–Kier alpha value is -3.40. The van der Waals surface area contributed by atoms with Gasteiger partial charge < -0.3 is 14.4 Å². The SMILES string of the molecule is COC(=O)C1CN(C(=O)CN(Cc2ccc(C)cc2)S(=O)(=O)c2ccc(Cl)cc2)c2ccccc2O1. The molecule has 0 fully saturated rings. The minimum absolute atomic E-state index is 0.0154. The Balaban J connectivity index is 1.68. The predicted molar refractivity (Wildman–Crippen MR) is 135 cm³/mol. The number of hydrogen-bond donors (Lipinski definition) is 0. The number of nitrogens with zero attached hydrogens (tertiary/aromatic N) is 2. The van der Waals surface area contributed by atoms with E-state index in [-0.39, 0.29) is 18.0 Å². The minimum atomic E-state index is -4.07. The van der Waals surface area contributed by atoms with E-state index in [1.165, 1.54) is 36.3 Å². The second-order valence-electron chi connectivity index (χ2n) is 8.31. The van der Waals surface area contributed by atoms with Gasteiger partial charge in [-0.05, 0) is 48.9 Å². The van der Waals surface area contributed by atoms with Crippen LogP contribution in [-0.4, -0.2) is 50.9 Å². The van der Waals surface area contributed by atoms with Crippen molar-refractivity contribution in [2.45, 2.75) is 24.5 Å². The lowest BCUT2D eigenvalue weighted by molar-refractivity contribution is -0.148. The zero-order valence-electron chi connectivity index (χ0n) is 19.8. The summed E-state index contributed by atoms with van der Waals surface area (Å²) in [6.07, 6.45) is -1.03. The van der Waals surface area contributed by atoms with Crippen LogP contribution in [0.1, 0.15) is 11.1 Å². The number of para-hydroxylation sites is 2. The number of carbonyl (C=O) groups is 2. The summed E-state index contributed by atoms with van der Waals surface area (Å²) in [7, 11) is -2.83. The molecule has 0 aliphatic carbocycles. The molecule has 4 rings (SSSR count). The van der Waals surface area contributed by atoms with Crippen LogP contribution in [0.15, 0.2) is 77.7 Å². The fourth-order valence-electron chi connectivity index (χ4n) is 3.84. The first-order valence-electron chi connectivity index (χ1n) is 11.1. The normalized spacial score (nSPS) is 15.2. The fraction of sp³-hybridized carbons (Fsp3) is 0.231. The third-order valence-corrected chi connectivity index (χ3v) is 7.84. The second kappa shape index (κ2) is 10.7. The number of carbonyl (C=O) groups excluding carboxylic acids is 2. The summed E-state index contributed by atoms with van der Waals surface area (Å²) in [6, 6.07) is 19.9. The van der Waals surface area contributed by atoms with Gasteiger partial charge in [-0.1, -0.05) is 53.6 Å². The van der Waals surface area contributed by atoms with Gasteiger partial charge in [0.05, 0.1) is 30.8 Å². The molecule has 1 heterocycles. The molecule has 10 heteroatoms. The zero-order chi connectivity index (χ0) is 25.9. The van der Waals surface area contributed by atoms with E-state index in [9.17, 15) is 18.0 Å². The molecule has 1 aliphatic rings. The van der Waals surface area contributed by atoms with Crippen molar-refractivity contribution in [1.29, 1.82) is 0 Å². The van der Waals surface area contributed by atoms with Gasteiger partial charge in [-0.3, -0.25) is 4.79 Å². The number of fused-ring (bicyclic) bond motifs is 1. The summed E-state index contributed by atoms with van der Waals surface area (Å²) in [4.78, 5) is 27.2. The summed E-state index contributed by atoms with van der Waals surface area (Å²) >= 11 is 5.95. The van der Waals surface area contributed by atoms with Crippen LogP contribution >= 0.6 is 11.6 Å². The van der Waals surface area contributed by atoms with Gasteiger partial charge in [0.2, 0.25) is 22.0 Å². The molecular formula is C26H25ClN2O6S. The molecule has 1 aliphatic heterocycles. The van der Waals surface area contributed by atoms with Gasteiger partial charge in [-0.25, -0.2) is 13.2 Å². The van der Waals surface area contributed by atoms with Crippen molar-refractivity contribution in [3.63, 3.8) is 0 Å². The van der Waals surface area contributed by atoms with E-state index in [2.05, 4.69) is 0 Å². The highest BCUT2D eigenvalue weighted by Crippen LogP contribution is 2.34. The lowest BCUT2D eigenvalue weighted by Gasteiger charge is -2.34. The van der Waals surface area contributed by atoms with Crippen molar-refractivity contribution < 1.29 is 27.5 Å². The topological polar surface area (TPSA) is 93.2 Å². The second-order valence-corrected chi connectivity index (χ2v) is 10.7. The van der Waals surface area contributed by atoms with Gasteiger partial charge >= 0.3 is 5.97 Å². The number of sulfonamides is 1. The molecule has 1 amide bonds. The van der Waals surface area contributed by atoms with Crippen LogP contribution in [0.5, 0.6) is 5.75 Å². The van der Waals surface area contributed by atoms with Gasteiger partial charge in [0.15, 0.2) is 0 Å². The van der Waals surface area contributed by atoms with Crippen molar-refractivity contribution in [3.8, 4) is 5.75 Å². The van der Waals surface area contributed by atoms with Crippen molar-refractivity contribution >= 4 is 39.2 Å². The molecule has 0 saturated heterocycles. The smallest absolute Gasteiger partial charge is 0.348 e. The van der Waals surface area contributed by atoms with E-state index in [4.69, 9.17) is 21.1 Å². The Morgan fingerprint density at radius 2 is 1.72 bits per heavy atom. The lowest BCUT2D eigenvalue weighted by Crippen LogP contribution is -2.50. The molecule has 1 unspecified atom stereocenters. The molecule has 188 valence electrons. The number of methoxy groups -OCH3 is 1. The van der Waals surface area contributed by atoms with Crippen LogP contribution in [0.2, 0.25) is 5.02 Å². The maximum Gasteiger partial charge on any atom is 0.348 e. The van der Waals surface area contributed by atoms with E-state index in [1.807, 2.05) is 31.2 Å². The Morgan fingerprint density at radius 1 is 1.06 bits per heavy atom. The van der Waals surface area contributed by atoms with Gasteiger partial charge in [0.25, 0.3) is 0 Å². The predicted octanol–water partition coefficient (Wildman–Crippen LogP) is 3.81. The average Bonchev–Trinajstić information content (AvgIpc) is 2.88. The first kappa shape index (κ1) is 25.7. The van der Waals surface area contributed by atoms with Crippen LogP contribution in [0, 0.1) is 6.92 Å². The molecule has 0 spiro atoms. The number of rotatable bonds is 7. The Morgan fingerprint density at radius 3 is 2.39 bits per heavy atom. The van der Waals surface area contributed by atoms with Crippen LogP contribution in [0.25, 0.3) is 0 Å². The Kier molecular flexibility index (Phi) is 7.63. The van der Waals surface area contributed by atoms with Gasteiger partial charge in [-0.15, -0.1) is 0 Å². The number of aryl methyl sites for hydroxylation is 1. The molecule has 0 N–H and O–H groups in total. The van der Waals surface area contributed by atoms with Crippen molar-refractivity contribution in [1.82, 2.24) is 4.31 Å². The summed E-state index contributed by atoms with van der Waals surface area (Å²) in [5, 5.41) is 0.397. The summed E-state index contributed by atoms with van der Waals surface area (Å²) < 4.78 is 38.9. The highest BCUT2D eigenvalue weighted by Gasteiger charge is 2.36. The number of anilines is 1. The number of amides is 1. The molecule has 0 saturated carbocycles. The van der Waals surface area contributed by atoms with Crippen molar-refractivity contribution in [2.75, 3.05) is 25.1 Å². The molecule has 3 aromatic carbocycles. The lowest BCUT2D eigenvalue weighted by atomic mass is 10.1. The highest BCUT2D eigenvalue weighted by atomic mass is 35.5. The molecule has 0 bridgehead atoms. The molecule has 0 radical (unpaired) electrons. The molecule has 36 heavy (non-hydrogen) atoms. The molecule has 3 aromatic rings. The van der Waals surface area contributed by atoms with Crippen LogP contribution in [0.3, 0.4) is 0 Å². The van der Waals surface area contributed by atoms with Gasteiger partial charge in [0.1, 0.15) is 5.75 Å². The van der Waals surface area contributed by atoms with E-state index in [0.717, 1.165) is 15.4 Å². The highest BCUT2D eigenvalue weighted by molar-refractivity contribution is 7.89. The van der Waals surface area contributed by atoms with E-state index < -0.39 is 34.5 Å². The zero-order valence-corrected chi connectivity index (χ0v) is 21.3. The third-order valence-electron chi connectivity index (χ3n) is 5.78. The Bertz CT molecular complexity index is 1360. The monoisotopic (exact) mass is 528 g/mol. The molecular weight excluding hydrogens is 504 g/mol. The number of hydrogen-bond acceptors (Lipinski definition) is 6. The van der Waals surface area contributed by atoms with Crippen LogP contribution in [0.4, 0.5) is 5.69 Å². The summed E-state index contributed by atoms with van der Waals surface area (Å²) in [5.74, 6) is -0.810. The minimum Gasteiger partial charge on any atom is -0.475 e. The molecule has 1 atom stereocenters. The number of benzene rings is 3. The number of halogens is 1. The van der Waals surface area contributed by atoms with Gasteiger partial charge in [-0.2, -0.15) is 4.31 Å². The van der Waals surface area contributed by atoms with Crippen molar-refractivity contribution in [3.05, 3.63) is 88.9 Å². The third kappa shape index (κ3) is 5.53. The maximum absolute atomic E-state index is 13.6. The first-order chi connectivity index (χ1) is 17.2. The quantitative estimate of drug-likeness (QED) is 0.433. The standard InChI is InChI=1S/C26H25ClN2O6S/c1-18-7-9-19(10-8-18)15-28(36(32,33)21-13-11-20(27)12-14-21)17-25(30)29-16-24(26(31)34-2)35-23-6-4-3-5-22(23)29/h3-14,24H,15-17H2,1-2H3. The van der Waals surface area contributed by atoms with Crippen molar-refractivity contribution in [2.24, 2.45) is 0 Å². The van der Waals surface area contributed by atoms with Crippen LogP contribution < -0.4 is 9.64 Å². The summed E-state index contributed by atoms with van der Waals surface area (Å²) in [6.45, 7) is 1.34. The maximum atomic E-state index is 13.6. The number of esters is 1. The number of ether oxygens (including phenoxy) is 2. The first-order valence-corrected chi connectivity index (χ1v) is 13.0. The average molecular weight is 529 g/mol. The van der Waals surface area contributed by atoms with E-state index in [0.29, 0.717) is 16.5 Å². The Labute approximate surface area is 215 Å². The van der Waals surface area contributed by atoms with E-state index >= 15 is 0 Å². The summed E-state index contributed by atoms with van der Waals surface area (Å²) in [5.41, 5.74) is 2.20. The van der Waals surface area contributed by atoms with Crippen LogP contribution in [-0.2, 0) is 30.9 Å². The molecule has 0 aromatic heterocycles. The van der Waals surface area contributed by atoms with Gasteiger partial charge in [0, 0.05) is 11.6 Å².